The molecule has 2 saturated heterocycles. The van der Waals surface area contributed by atoms with Crippen molar-refractivity contribution in [2.75, 3.05) is 32.5 Å². The van der Waals surface area contributed by atoms with Crippen molar-refractivity contribution in [3.63, 3.8) is 0 Å². The Morgan fingerprint density at radius 1 is 1.05 bits per heavy atom. The number of carbonyl (C=O) groups excluding carboxylic acids is 4. The lowest BCUT2D eigenvalue weighted by atomic mass is 9.76. The maximum atomic E-state index is 13.4. The topological polar surface area (TPSA) is 130 Å². The van der Waals surface area contributed by atoms with Gasteiger partial charge in [0.1, 0.15) is 42.5 Å². The van der Waals surface area contributed by atoms with Gasteiger partial charge in [0.25, 0.3) is 0 Å². The predicted octanol–water partition coefficient (Wildman–Crippen LogP) is 3.19. The van der Waals surface area contributed by atoms with Gasteiger partial charge in [-0.1, -0.05) is 30.3 Å². The highest BCUT2D eigenvalue weighted by atomic mass is 16.7. The number of benzene rings is 2. The molecule has 0 saturated carbocycles. The van der Waals surface area contributed by atoms with E-state index < -0.39 is 53.4 Å². The molecule has 1 amide bonds. The van der Waals surface area contributed by atoms with Crippen LogP contribution in [0.25, 0.3) is 0 Å². The van der Waals surface area contributed by atoms with E-state index in [1.807, 2.05) is 30.3 Å². The van der Waals surface area contributed by atoms with Gasteiger partial charge < -0.3 is 38.1 Å². The Bertz CT molecular complexity index is 1410. The fourth-order valence-corrected chi connectivity index (χ4v) is 6.21. The number of amides is 1. The standard InChI is InChI=1S/C31H36N2O10/c1-18(35)42-27-25-24(33(25)29(37)43-30(2,3)4)26-31(15-34,16-40-17-38-5)23-21(32(26)27)12-20(28(36)39-6)13-22(23)41-14-19-10-8-7-9-11-19/h7-13,15,24-27H,14,16-17H2,1-6H3/t24-,25+,26?,27?,31-,33?/m0/s1. The Hall–Kier alpha value is -4.16. The molecule has 3 heterocycles. The fraction of sp³-hybridized carbons (Fsp3) is 0.484. The predicted molar refractivity (Wildman–Crippen MR) is 152 cm³/mol. The molecule has 0 aromatic heterocycles. The first-order chi connectivity index (χ1) is 20.5. The van der Waals surface area contributed by atoms with Crippen LogP contribution in [0, 0.1) is 0 Å². The molecule has 0 N–H and O–H groups in total. The summed E-state index contributed by atoms with van der Waals surface area (Å²) in [6.45, 7) is 6.43. The molecule has 2 fully saturated rings. The van der Waals surface area contributed by atoms with Crippen LogP contribution < -0.4 is 9.64 Å². The molecule has 0 bridgehead atoms. The first kappa shape index (κ1) is 30.3. The maximum absolute atomic E-state index is 13.4. The van der Waals surface area contributed by atoms with Crippen molar-refractivity contribution in [3.8, 4) is 5.75 Å². The summed E-state index contributed by atoms with van der Waals surface area (Å²) in [4.78, 5) is 55.2. The number of carbonyl (C=O) groups is 4. The van der Waals surface area contributed by atoms with E-state index in [0.29, 0.717) is 11.3 Å². The molecule has 0 spiro atoms. The highest BCUT2D eigenvalue weighted by Gasteiger charge is 2.77. The first-order valence-electron chi connectivity index (χ1n) is 13.9. The molecule has 3 aliphatic rings. The summed E-state index contributed by atoms with van der Waals surface area (Å²) in [5.74, 6) is -0.940. The lowest BCUT2D eigenvalue weighted by Crippen LogP contribution is -2.55. The smallest absolute Gasteiger partial charge is 0.411 e. The number of hydrogen-bond donors (Lipinski definition) is 0. The van der Waals surface area contributed by atoms with Crippen LogP contribution in [0.1, 0.15) is 49.2 Å². The van der Waals surface area contributed by atoms with Crippen LogP contribution in [-0.4, -0.2) is 86.8 Å². The lowest BCUT2D eigenvalue weighted by Gasteiger charge is -2.36. The molecular weight excluding hydrogens is 560 g/mol. The summed E-state index contributed by atoms with van der Waals surface area (Å²) in [7, 11) is 2.73. The second-order valence-corrected chi connectivity index (χ2v) is 11.8. The van der Waals surface area contributed by atoms with E-state index in [-0.39, 0.29) is 31.3 Å². The van der Waals surface area contributed by atoms with Crippen molar-refractivity contribution < 1.29 is 47.6 Å². The maximum Gasteiger partial charge on any atom is 0.411 e. The molecule has 5 rings (SSSR count). The summed E-state index contributed by atoms with van der Waals surface area (Å²) >= 11 is 0. The second kappa shape index (κ2) is 11.5. The fourth-order valence-electron chi connectivity index (χ4n) is 6.21. The van der Waals surface area contributed by atoms with Crippen LogP contribution in [0.5, 0.6) is 5.75 Å². The van der Waals surface area contributed by atoms with Crippen LogP contribution >= 0.6 is 0 Å². The van der Waals surface area contributed by atoms with E-state index in [9.17, 15) is 19.2 Å². The molecule has 5 atom stereocenters. The van der Waals surface area contributed by atoms with Crippen LogP contribution in [0.4, 0.5) is 10.5 Å². The van der Waals surface area contributed by atoms with Crippen LogP contribution in [0.3, 0.4) is 0 Å². The Balaban J connectivity index is 1.67. The molecule has 2 aromatic carbocycles. The molecule has 43 heavy (non-hydrogen) atoms. The van der Waals surface area contributed by atoms with Gasteiger partial charge >= 0.3 is 18.0 Å². The number of fused-ring (bicyclic) bond motifs is 5. The van der Waals surface area contributed by atoms with Gasteiger partial charge in [0.15, 0.2) is 6.23 Å². The zero-order chi connectivity index (χ0) is 31.1. The summed E-state index contributed by atoms with van der Waals surface area (Å²) in [5, 5.41) is 0. The Kier molecular flexibility index (Phi) is 8.10. The Labute approximate surface area is 249 Å². The number of rotatable bonds is 10. The van der Waals surface area contributed by atoms with E-state index in [1.54, 1.807) is 31.7 Å². The molecule has 0 aliphatic carbocycles. The normalized spacial score (nSPS) is 24.9. The minimum atomic E-state index is -1.41. The third-order valence-corrected chi connectivity index (χ3v) is 7.75. The summed E-state index contributed by atoms with van der Waals surface area (Å²) < 4.78 is 33.7. The first-order valence-corrected chi connectivity index (χ1v) is 13.9. The largest absolute Gasteiger partial charge is 0.488 e. The van der Waals surface area contributed by atoms with Crippen molar-refractivity contribution in [2.45, 2.75) is 69.7 Å². The molecule has 2 unspecified atom stereocenters. The average Bonchev–Trinajstić information content (AvgIpc) is 3.52. The van der Waals surface area contributed by atoms with Crippen molar-refractivity contribution in [1.29, 1.82) is 0 Å². The average molecular weight is 597 g/mol. The highest BCUT2D eigenvalue weighted by Crippen LogP contribution is 2.61. The van der Waals surface area contributed by atoms with Crippen molar-refractivity contribution >= 4 is 30.0 Å². The lowest BCUT2D eigenvalue weighted by molar-refractivity contribution is -0.146. The number of piperazine rings is 1. The summed E-state index contributed by atoms with van der Waals surface area (Å²) in [6.07, 6.45) is -0.792. The van der Waals surface area contributed by atoms with E-state index in [1.165, 1.54) is 32.1 Å². The molecule has 0 radical (unpaired) electrons. The van der Waals surface area contributed by atoms with E-state index in [2.05, 4.69) is 0 Å². The molecule has 12 heteroatoms. The number of esters is 2. The van der Waals surface area contributed by atoms with Crippen LogP contribution in [0.2, 0.25) is 0 Å². The summed E-state index contributed by atoms with van der Waals surface area (Å²) in [6, 6.07) is 10.6. The van der Waals surface area contributed by atoms with Gasteiger partial charge in [0, 0.05) is 25.3 Å². The van der Waals surface area contributed by atoms with E-state index in [4.69, 9.17) is 28.4 Å². The van der Waals surface area contributed by atoms with Gasteiger partial charge in [0.2, 0.25) is 0 Å². The third-order valence-electron chi connectivity index (χ3n) is 7.75. The number of methoxy groups -OCH3 is 2. The van der Waals surface area contributed by atoms with Crippen molar-refractivity contribution in [2.24, 2.45) is 0 Å². The van der Waals surface area contributed by atoms with Gasteiger partial charge in [-0.15, -0.1) is 0 Å². The molecule has 2 aromatic rings. The van der Waals surface area contributed by atoms with Gasteiger partial charge in [-0.3, -0.25) is 9.69 Å². The van der Waals surface area contributed by atoms with Gasteiger partial charge in [-0.05, 0) is 38.5 Å². The minimum Gasteiger partial charge on any atom is -0.488 e. The van der Waals surface area contributed by atoms with Gasteiger partial charge in [-0.2, -0.15) is 0 Å². The second-order valence-electron chi connectivity index (χ2n) is 11.8. The molecule has 230 valence electrons. The van der Waals surface area contributed by atoms with Gasteiger partial charge in [-0.25, -0.2) is 9.59 Å². The molecule has 12 nitrogen and oxygen atoms in total. The monoisotopic (exact) mass is 596 g/mol. The SMILES string of the molecule is COCOC[C@@]1(C=O)c2c(OCc3ccccc3)cc(C(=O)OC)cc2N2C(OC(C)=O)[C@H]3[C@@H](C21)N3C(=O)OC(C)(C)C. The van der Waals surface area contributed by atoms with Gasteiger partial charge in [0.05, 0.1) is 31.4 Å². The number of aldehydes is 1. The highest BCUT2D eigenvalue weighted by molar-refractivity contribution is 5.95. The third kappa shape index (κ3) is 5.40. The minimum absolute atomic E-state index is 0.102. The number of anilines is 1. The quantitative estimate of drug-likeness (QED) is 0.100. The Morgan fingerprint density at radius 3 is 2.37 bits per heavy atom. The van der Waals surface area contributed by atoms with E-state index >= 15 is 0 Å². The number of ether oxygens (including phenoxy) is 6. The molecular formula is C31H36N2O10. The zero-order valence-corrected chi connectivity index (χ0v) is 25.0. The number of nitrogens with zero attached hydrogens (tertiary/aromatic N) is 2. The summed E-state index contributed by atoms with van der Waals surface area (Å²) in [5.41, 5.74) is -0.273. The number of hydrogen-bond acceptors (Lipinski definition) is 11. The molecule has 3 aliphatic heterocycles. The Morgan fingerprint density at radius 2 is 1.77 bits per heavy atom. The van der Waals surface area contributed by atoms with Crippen molar-refractivity contribution in [3.05, 3.63) is 59.2 Å². The van der Waals surface area contributed by atoms with E-state index in [0.717, 1.165) is 11.8 Å². The van der Waals surface area contributed by atoms with Crippen LogP contribution in [0.15, 0.2) is 42.5 Å². The van der Waals surface area contributed by atoms with Crippen molar-refractivity contribution in [1.82, 2.24) is 4.90 Å². The van der Waals surface area contributed by atoms with Crippen LogP contribution in [-0.2, 0) is 45.3 Å². The zero-order valence-electron chi connectivity index (χ0n) is 25.0.